The molecule has 5 heteroatoms. The van der Waals surface area contributed by atoms with Gasteiger partial charge >= 0.3 is 0 Å². The maximum atomic E-state index is 5.52. The first-order chi connectivity index (χ1) is 6.84. The summed E-state index contributed by atoms with van der Waals surface area (Å²) >= 11 is 1.41. The van der Waals surface area contributed by atoms with Gasteiger partial charge in [-0.05, 0) is 30.8 Å². The smallest absolute Gasteiger partial charge is 0.139 e. The van der Waals surface area contributed by atoms with Crippen molar-refractivity contribution in [3.05, 3.63) is 6.07 Å². The van der Waals surface area contributed by atoms with Crippen molar-refractivity contribution in [1.82, 2.24) is 4.37 Å². The van der Waals surface area contributed by atoms with Crippen molar-refractivity contribution in [3.63, 3.8) is 0 Å². The van der Waals surface area contributed by atoms with Crippen molar-refractivity contribution in [1.29, 1.82) is 0 Å². The molecule has 0 amide bonds. The van der Waals surface area contributed by atoms with Gasteiger partial charge in [0.1, 0.15) is 10.8 Å². The predicted octanol–water partition coefficient (Wildman–Crippen LogP) is 1.71. The van der Waals surface area contributed by atoms with Crippen LogP contribution in [0.5, 0.6) is 0 Å². The van der Waals surface area contributed by atoms with E-state index in [9.17, 15) is 0 Å². The summed E-state index contributed by atoms with van der Waals surface area (Å²) in [5, 5.41) is 4.33. The summed E-state index contributed by atoms with van der Waals surface area (Å²) in [6.45, 7) is 1.87. The number of aromatic nitrogens is 1. The van der Waals surface area contributed by atoms with Crippen molar-refractivity contribution in [2.24, 2.45) is 0 Å². The van der Waals surface area contributed by atoms with E-state index in [2.05, 4.69) is 9.69 Å². The molecule has 0 aliphatic carbocycles. The minimum atomic E-state index is 0.452. The lowest BCUT2D eigenvalue weighted by molar-refractivity contribution is 0.107. The van der Waals surface area contributed by atoms with E-state index in [0.29, 0.717) is 11.9 Å². The van der Waals surface area contributed by atoms with E-state index in [1.54, 1.807) is 0 Å². The molecule has 4 nitrogen and oxygen atoms in total. The SMILES string of the molecule is Nc1cc(NCCC2CCCO2)sn1. The van der Waals surface area contributed by atoms with Crippen molar-refractivity contribution in [3.8, 4) is 0 Å². The molecule has 1 atom stereocenters. The molecule has 0 spiro atoms. The number of hydrogen-bond acceptors (Lipinski definition) is 5. The molecular weight excluding hydrogens is 198 g/mol. The molecule has 3 N–H and O–H groups in total. The number of nitrogens with one attached hydrogen (secondary N) is 1. The number of nitrogen functional groups attached to an aromatic ring is 1. The zero-order chi connectivity index (χ0) is 9.80. The first-order valence-corrected chi connectivity index (χ1v) is 5.69. The number of rotatable bonds is 4. The lowest BCUT2D eigenvalue weighted by Gasteiger charge is -2.08. The number of nitrogens with two attached hydrogens (primary N) is 1. The Morgan fingerprint density at radius 2 is 2.64 bits per heavy atom. The van der Waals surface area contributed by atoms with Crippen molar-refractivity contribution >= 4 is 22.4 Å². The van der Waals surface area contributed by atoms with Gasteiger partial charge in [-0.15, -0.1) is 0 Å². The second kappa shape index (κ2) is 4.61. The van der Waals surface area contributed by atoms with Crippen molar-refractivity contribution in [2.75, 3.05) is 24.2 Å². The van der Waals surface area contributed by atoms with E-state index in [0.717, 1.165) is 24.6 Å². The molecule has 1 fully saturated rings. The molecule has 0 radical (unpaired) electrons. The maximum Gasteiger partial charge on any atom is 0.139 e. The van der Waals surface area contributed by atoms with Gasteiger partial charge in [0, 0.05) is 19.2 Å². The van der Waals surface area contributed by atoms with Crippen LogP contribution in [0.4, 0.5) is 10.8 Å². The van der Waals surface area contributed by atoms with Crippen LogP contribution in [0.15, 0.2) is 6.07 Å². The molecule has 1 saturated heterocycles. The van der Waals surface area contributed by atoms with Gasteiger partial charge in [0.2, 0.25) is 0 Å². The second-order valence-electron chi connectivity index (χ2n) is 3.47. The van der Waals surface area contributed by atoms with Crippen molar-refractivity contribution < 1.29 is 4.74 Å². The number of anilines is 2. The van der Waals surface area contributed by atoms with Crippen LogP contribution in [0.1, 0.15) is 19.3 Å². The van der Waals surface area contributed by atoms with Gasteiger partial charge in [0.25, 0.3) is 0 Å². The van der Waals surface area contributed by atoms with Crippen LogP contribution in [-0.4, -0.2) is 23.6 Å². The Morgan fingerprint density at radius 3 is 3.29 bits per heavy atom. The van der Waals surface area contributed by atoms with Gasteiger partial charge in [-0.25, -0.2) is 0 Å². The minimum Gasteiger partial charge on any atom is -0.383 e. The van der Waals surface area contributed by atoms with Crippen LogP contribution in [0, 0.1) is 0 Å². The maximum absolute atomic E-state index is 5.52. The van der Waals surface area contributed by atoms with Gasteiger partial charge in [-0.2, -0.15) is 4.37 Å². The summed E-state index contributed by atoms with van der Waals surface area (Å²) in [6, 6.07) is 1.86. The summed E-state index contributed by atoms with van der Waals surface area (Å²) < 4.78 is 9.51. The Hall–Kier alpha value is -0.810. The molecule has 78 valence electrons. The van der Waals surface area contributed by atoms with E-state index in [4.69, 9.17) is 10.5 Å². The summed E-state index contributed by atoms with van der Waals surface area (Å²) in [7, 11) is 0. The fraction of sp³-hybridized carbons (Fsp3) is 0.667. The Bertz CT molecular complexity index is 283. The minimum absolute atomic E-state index is 0.452. The molecule has 0 saturated carbocycles. The summed E-state index contributed by atoms with van der Waals surface area (Å²) in [5.41, 5.74) is 5.51. The average Bonchev–Trinajstić information content (AvgIpc) is 2.77. The van der Waals surface area contributed by atoms with Gasteiger partial charge < -0.3 is 15.8 Å². The third-order valence-corrected chi connectivity index (χ3v) is 3.08. The van der Waals surface area contributed by atoms with Crippen LogP contribution in [0.2, 0.25) is 0 Å². The Kier molecular flexibility index (Phi) is 3.21. The third kappa shape index (κ3) is 2.59. The average molecular weight is 213 g/mol. The zero-order valence-electron chi connectivity index (χ0n) is 8.03. The Balaban J connectivity index is 1.67. The highest BCUT2D eigenvalue weighted by atomic mass is 32.1. The van der Waals surface area contributed by atoms with Crippen LogP contribution >= 0.6 is 11.5 Å². The fourth-order valence-electron chi connectivity index (χ4n) is 1.60. The van der Waals surface area contributed by atoms with Crippen LogP contribution in [-0.2, 0) is 4.74 Å². The molecule has 1 aromatic rings. The van der Waals surface area contributed by atoms with Gasteiger partial charge in [0.05, 0.1) is 6.10 Å². The second-order valence-corrected chi connectivity index (χ2v) is 4.27. The molecule has 1 unspecified atom stereocenters. The monoisotopic (exact) mass is 213 g/mol. The first-order valence-electron chi connectivity index (χ1n) is 4.92. The van der Waals surface area contributed by atoms with E-state index in [-0.39, 0.29) is 0 Å². The molecule has 0 aromatic carbocycles. The largest absolute Gasteiger partial charge is 0.383 e. The van der Waals surface area contributed by atoms with Crippen LogP contribution < -0.4 is 11.1 Å². The predicted molar refractivity (Wildman–Crippen MR) is 58.6 cm³/mol. The van der Waals surface area contributed by atoms with E-state index >= 15 is 0 Å². The standard InChI is InChI=1S/C9H15N3OS/c10-8-6-9(14-12-8)11-4-3-7-2-1-5-13-7/h6-7,11H,1-5H2,(H2,10,12). The summed E-state index contributed by atoms with van der Waals surface area (Å²) in [5.74, 6) is 0.592. The first kappa shape index (κ1) is 9.73. The Labute approximate surface area is 87.6 Å². The third-order valence-electron chi connectivity index (χ3n) is 2.32. The molecule has 1 aliphatic heterocycles. The normalized spacial score (nSPS) is 21.3. The lowest BCUT2D eigenvalue weighted by Crippen LogP contribution is -2.11. The molecule has 2 heterocycles. The molecule has 1 aromatic heterocycles. The van der Waals surface area contributed by atoms with E-state index < -0.39 is 0 Å². The highest BCUT2D eigenvalue weighted by Crippen LogP contribution is 2.19. The molecule has 1 aliphatic rings. The lowest BCUT2D eigenvalue weighted by atomic mass is 10.2. The number of nitrogens with zero attached hydrogens (tertiary/aromatic N) is 1. The van der Waals surface area contributed by atoms with Gasteiger partial charge in [-0.3, -0.25) is 0 Å². The molecule has 2 rings (SSSR count). The van der Waals surface area contributed by atoms with E-state index in [1.807, 2.05) is 6.07 Å². The summed E-state index contributed by atoms with van der Waals surface area (Å²) in [6.07, 6.45) is 3.93. The molecule has 14 heavy (non-hydrogen) atoms. The number of ether oxygens (including phenoxy) is 1. The highest BCUT2D eigenvalue weighted by molar-refractivity contribution is 7.10. The van der Waals surface area contributed by atoms with Crippen LogP contribution in [0.3, 0.4) is 0 Å². The van der Waals surface area contributed by atoms with Crippen LogP contribution in [0.25, 0.3) is 0 Å². The number of hydrogen-bond donors (Lipinski definition) is 2. The van der Waals surface area contributed by atoms with E-state index in [1.165, 1.54) is 24.4 Å². The van der Waals surface area contributed by atoms with Gasteiger partial charge in [-0.1, -0.05) is 0 Å². The molecular formula is C9H15N3OS. The fourth-order valence-corrected chi connectivity index (χ4v) is 2.20. The molecule has 0 bridgehead atoms. The quantitative estimate of drug-likeness (QED) is 0.799. The topological polar surface area (TPSA) is 60.2 Å². The Morgan fingerprint density at radius 1 is 1.71 bits per heavy atom. The zero-order valence-corrected chi connectivity index (χ0v) is 8.85. The highest BCUT2D eigenvalue weighted by Gasteiger charge is 2.14. The van der Waals surface area contributed by atoms with Gasteiger partial charge in [0.15, 0.2) is 0 Å². The summed E-state index contributed by atoms with van der Waals surface area (Å²) in [4.78, 5) is 0. The van der Waals surface area contributed by atoms with Crippen molar-refractivity contribution in [2.45, 2.75) is 25.4 Å².